The summed E-state index contributed by atoms with van der Waals surface area (Å²) in [4.78, 5) is 9.87. The van der Waals surface area contributed by atoms with Crippen LogP contribution in [0.4, 0.5) is 10.1 Å². The van der Waals surface area contributed by atoms with Crippen molar-refractivity contribution in [1.29, 1.82) is 0 Å². The second-order valence-electron chi connectivity index (χ2n) is 4.47. The van der Waals surface area contributed by atoms with Crippen molar-refractivity contribution in [2.24, 2.45) is 5.92 Å². The Balaban J connectivity index is 2.21. The Morgan fingerprint density at radius 2 is 2.24 bits per heavy atom. The zero-order valence-electron chi connectivity index (χ0n) is 9.30. The van der Waals surface area contributed by atoms with Crippen LogP contribution in [0.25, 0.3) is 0 Å². The number of rotatable bonds is 3. The standard InChI is InChI=1S/C12H14FNO3/c13-12-9(4-1-5-10(12)14(16)17)7-8-3-2-6-11(8)15/h1,4-5,8,11,15H,2-3,6-7H2. The predicted octanol–water partition coefficient (Wildman–Crippen LogP) is 2.44. The smallest absolute Gasteiger partial charge is 0.305 e. The molecule has 5 heteroatoms. The van der Waals surface area contributed by atoms with Crippen molar-refractivity contribution in [3.8, 4) is 0 Å². The first kappa shape index (κ1) is 12.0. The van der Waals surface area contributed by atoms with E-state index < -0.39 is 22.5 Å². The Kier molecular flexibility index (Phi) is 3.38. The second-order valence-corrected chi connectivity index (χ2v) is 4.47. The molecule has 1 fully saturated rings. The first-order valence-corrected chi connectivity index (χ1v) is 5.69. The molecule has 0 aromatic heterocycles. The fourth-order valence-electron chi connectivity index (χ4n) is 2.40. The first-order valence-electron chi connectivity index (χ1n) is 5.69. The molecule has 2 atom stereocenters. The Labute approximate surface area is 98.2 Å². The highest BCUT2D eigenvalue weighted by Crippen LogP contribution is 2.31. The van der Waals surface area contributed by atoms with Gasteiger partial charge in [0, 0.05) is 6.07 Å². The van der Waals surface area contributed by atoms with Gasteiger partial charge >= 0.3 is 5.69 Å². The average Bonchev–Trinajstić information content (AvgIpc) is 2.67. The van der Waals surface area contributed by atoms with E-state index in [1.54, 1.807) is 6.07 Å². The van der Waals surface area contributed by atoms with Crippen LogP contribution in [0.1, 0.15) is 24.8 Å². The minimum absolute atomic E-state index is 0.0199. The van der Waals surface area contributed by atoms with Crippen LogP contribution < -0.4 is 0 Å². The van der Waals surface area contributed by atoms with Gasteiger partial charge in [-0.15, -0.1) is 0 Å². The van der Waals surface area contributed by atoms with Gasteiger partial charge in [-0.3, -0.25) is 10.1 Å². The van der Waals surface area contributed by atoms with Crippen molar-refractivity contribution in [3.05, 3.63) is 39.7 Å². The number of nitrogens with zero attached hydrogens (tertiary/aromatic N) is 1. The van der Waals surface area contributed by atoms with E-state index >= 15 is 0 Å². The molecule has 1 aliphatic rings. The molecule has 1 aliphatic carbocycles. The van der Waals surface area contributed by atoms with Crippen LogP contribution in [-0.2, 0) is 6.42 Å². The van der Waals surface area contributed by atoms with Gasteiger partial charge in [0.2, 0.25) is 5.82 Å². The van der Waals surface area contributed by atoms with E-state index in [0.29, 0.717) is 12.0 Å². The summed E-state index contributed by atoms with van der Waals surface area (Å²) in [5.41, 5.74) is -0.167. The average molecular weight is 239 g/mol. The summed E-state index contributed by atoms with van der Waals surface area (Å²) in [5.74, 6) is -0.747. The molecule has 4 nitrogen and oxygen atoms in total. The van der Waals surface area contributed by atoms with Crippen molar-refractivity contribution in [3.63, 3.8) is 0 Å². The maximum absolute atomic E-state index is 13.8. The van der Waals surface area contributed by atoms with Crippen molar-refractivity contribution < 1.29 is 14.4 Å². The Bertz CT molecular complexity index is 436. The minimum Gasteiger partial charge on any atom is -0.393 e. The molecule has 1 N–H and O–H groups in total. The molecule has 17 heavy (non-hydrogen) atoms. The molecule has 1 aromatic rings. The molecule has 0 amide bonds. The normalized spacial score (nSPS) is 23.9. The van der Waals surface area contributed by atoms with E-state index in [0.717, 1.165) is 25.3 Å². The van der Waals surface area contributed by atoms with Gasteiger partial charge in [0.1, 0.15) is 0 Å². The predicted molar refractivity (Wildman–Crippen MR) is 60.1 cm³/mol. The van der Waals surface area contributed by atoms with Crippen LogP contribution in [-0.4, -0.2) is 16.1 Å². The highest BCUT2D eigenvalue weighted by Gasteiger charge is 2.27. The van der Waals surface area contributed by atoms with E-state index in [4.69, 9.17) is 0 Å². The molecule has 2 rings (SSSR count). The van der Waals surface area contributed by atoms with E-state index in [1.165, 1.54) is 6.07 Å². The summed E-state index contributed by atoms with van der Waals surface area (Å²) in [6.45, 7) is 0. The fourth-order valence-corrected chi connectivity index (χ4v) is 2.40. The van der Waals surface area contributed by atoms with E-state index in [2.05, 4.69) is 0 Å². The first-order chi connectivity index (χ1) is 8.09. The van der Waals surface area contributed by atoms with Crippen LogP contribution in [0.5, 0.6) is 0 Å². The van der Waals surface area contributed by atoms with Crippen LogP contribution in [0.15, 0.2) is 18.2 Å². The lowest BCUT2D eigenvalue weighted by Crippen LogP contribution is -2.16. The van der Waals surface area contributed by atoms with Crippen molar-refractivity contribution in [2.45, 2.75) is 31.8 Å². The van der Waals surface area contributed by atoms with Crippen LogP contribution in [0.3, 0.4) is 0 Å². The number of nitro benzene ring substituents is 1. The maximum Gasteiger partial charge on any atom is 0.305 e. The van der Waals surface area contributed by atoms with Gasteiger partial charge in [0.05, 0.1) is 11.0 Å². The topological polar surface area (TPSA) is 63.4 Å². The van der Waals surface area contributed by atoms with E-state index in [9.17, 15) is 19.6 Å². The van der Waals surface area contributed by atoms with Crippen LogP contribution in [0, 0.1) is 21.8 Å². The molecule has 0 saturated heterocycles. The number of aliphatic hydroxyl groups excluding tert-OH is 1. The lowest BCUT2D eigenvalue weighted by Gasteiger charge is -2.14. The van der Waals surface area contributed by atoms with Gasteiger partial charge < -0.3 is 5.11 Å². The summed E-state index contributed by atoms with van der Waals surface area (Å²) in [6, 6.07) is 4.19. The lowest BCUT2D eigenvalue weighted by atomic mass is 9.95. The molecule has 0 radical (unpaired) electrons. The van der Waals surface area contributed by atoms with Crippen LogP contribution in [0.2, 0.25) is 0 Å². The molecule has 0 aliphatic heterocycles. The number of halogens is 1. The second kappa shape index (κ2) is 4.79. The third kappa shape index (κ3) is 2.44. The van der Waals surface area contributed by atoms with Gasteiger partial charge in [-0.2, -0.15) is 4.39 Å². The zero-order chi connectivity index (χ0) is 12.4. The van der Waals surface area contributed by atoms with Gasteiger partial charge in [-0.25, -0.2) is 0 Å². The van der Waals surface area contributed by atoms with Gasteiger partial charge in [0.25, 0.3) is 0 Å². The lowest BCUT2D eigenvalue weighted by molar-refractivity contribution is -0.387. The van der Waals surface area contributed by atoms with Gasteiger partial charge in [-0.05, 0) is 30.7 Å². The number of hydrogen-bond acceptors (Lipinski definition) is 3. The van der Waals surface area contributed by atoms with Gasteiger partial charge in [-0.1, -0.05) is 18.6 Å². The monoisotopic (exact) mass is 239 g/mol. The van der Waals surface area contributed by atoms with E-state index in [1.807, 2.05) is 0 Å². The largest absolute Gasteiger partial charge is 0.393 e. The Morgan fingerprint density at radius 3 is 2.82 bits per heavy atom. The molecule has 0 bridgehead atoms. The number of nitro groups is 1. The molecule has 0 spiro atoms. The quantitative estimate of drug-likeness (QED) is 0.650. The zero-order valence-corrected chi connectivity index (χ0v) is 9.30. The molecular weight excluding hydrogens is 225 g/mol. The van der Waals surface area contributed by atoms with Gasteiger partial charge in [0.15, 0.2) is 0 Å². The number of benzene rings is 1. The van der Waals surface area contributed by atoms with Crippen molar-refractivity contribution in [2.75, 3.05) is 0 Å². The summed E-state index contributed by atoms with van der Waals surface area (Å²) in [7, 11) is 0. The van der Waals surface area contributed by atoms with Crippen LogP contribution >= 0.6 is 0 Å². The SMILES string of the molecule is O=[N+]([O-])c1cccc(CC2CCCC2O)c1F. The van der Waals surface area contributed by atoms with E-state index in [-0.39, 0.29) is 5.92 Å². The van der Waals surface area contributed by atoms with Crippen molar-refractivity contribution in [1.82, 2.24) is 0 Å². The summed E-state index contributed by atoms with van der Waals surface area (Å²) in [5, 5.41) is 20.3. The number of hydrogen-bond donors (Lipinski definition) is 1. The third-order valence-corrected chi connectivity index (χ3v) is 3.36. The highest BCUT2D eigenvalue weighted by molar-refractivity contribution is 5.37. The molecule has 2 unspecified atom stereocenters. The van der Waals surface area contributed by atoms with Crippen molar-refractivity contribution >= 4 is 5.69 Å². The summed E-state index contributed by atoms with van der Waals surface area (Å²) >= 11 is 0. The third-order valence-electron chi connectivity index (χ3n) is 3.36. The molecule has 1 aromatic carbocycles. The Hall–Kier alpha value is -1.49. The molecule has 92 valence electrons. The maximum atomic E-state index is 13.8. The summed E-state index contributed by atoms with van der Waals surface area (Å²) in [6.07, 6.45) is 2.48. The number of aliphatic hydroxyl groups is 1. The molecule has 1 saturated carbocycles. The molecular formula is C12H14FNO3. The minimum atomic E-state index is -0.767. The highest BCUT2D eigenvalue weighted by atomic mass is 19.1. The Morgan fingerprint density at radius 1 is 1.47 bits per heavy atom. The summed E-state index contributed by atoms with van der Waals surface area (Å²) < 4.78 is 13.8. The fraction of sp³-hybridized carbons (Fsp3) is 0.500. The molecule has 0 heterocycles.